The van der Waals surface area contributed by atoms with Crippen LogP contribution in [0.4, 0.5) is 5.69 Å². The van der Waals surface area contributed by atoms with Crippen LogP contribution in [0.25, 0.3) is 10.9 Å². The van der Waals surface area contributed by atoms with Crippen LogP contribution < -0.4 is 4.90 Å². The number of para-hydroxylation sites is 2. The van der Waals surface area contributed by atoms with Gasteiger partial charge in [0.2, 0.25) is 0 Å². The third kappa shape index (κ3) is 4.79. The molecule has 0 atom stereocenters. The molecular formula is C31H28ClN3O4S. The molecule has 7 nitrogen and oxygen atoms in total. The molecule has 6 rings (SSSR count). The van der Waals surface area contributed by atoms with Gasteiger partial charge in [-0.2, -0.15) is 4.31 Å². The molecule has 0 aliphatic carbocycles. The Kier molecular flexibility index (Phi) is 6.92. The van der Waals surface area contributed by atoms with E-state index >= 15 is 0 Å². The SMILES string of the molecule is O=S(=O)(c1[nH]c2ccccc2c1C(c1ccc(O)cc1)c1ccc(O)cc1)N1CCN(c2ccccc2Cl)CC1. The second-order valence-electron chi connectivity index (χ2n) is 9.87. The number of aromatic nitrogens is 1. The molecular weight excluding hydrogens is 546 g/mol. The molecule has 3 N–H and O–H groups in total. The van der Waals surface area contributed by atoms with E-state index in [0.717, 1.165) is 22.2 Å². The number of hydrogen-bond donors (Lipinski definition) is 3. The lowest BCUT2D eigenvalue weighted by atomic mass is 9.85. The predicted octanol–water partition coefficient (Wildman–Crippen LogP) is 5.92. The first-order chi connectivity index (χ1) is 19.3. The van der Waals surface area contributed by atoms with E-state index in [2.05, 4.69) is 9.88 Å². The van der Waals surface area contributed by atoms with Crippen LogP contribution in [0.3, 0.4) is 0 Å². The monoisotopic (exact) mass is 573 g/mol. The summed E-state index contributed by atoms with van der Waals surface area (Å²) in [5.74, 6) is -0.237. The van der Waals surface area contributed by atoms with Crippen molar-refractivity contribution in [1.82, 2.24) is 9.29 Å². The number of piperazine rings is 1. The topological polar surface area (TPSA) is 96.9 Å². The number of nitrogens with one attached hydrogen (secondary N) is 1. The number of hydrogen-bond acceptors (Lipinski definition) is 5. The Balaban J connectivity index is 1.45. The Hall–Kier alpha value is -3.98. The lowest BCUT2D eigenvalue weighted by Gasteiger charge is -2.36. The van der Waals surface area contributed by atoms with Crippen molar-refractivity contribution in [2.45, 2.75) is 10.9 Å². The molecule has 0 saturated carbocycles. The zero-order valence-electron chi connectivity index (χ0n) is 21.5. The van der Waals surface area contributed by atoms with E-state index in [1.165, 1.54) is 4.31 Å². The van der Waals surface area contributed by atoms with Crippen molar-refractivity contribution >= 4 is 38.2 Å². The average Bonchev–Trinajstić information content (AvgIpc) is 3.36. The number of aromatic amines is 1. The predicted molar refractivity (Wildman–Crippen MR) is 158 cm³/mol. The summed E-state index contributed by atoms with van der Waals surface area (Å²) in [5.41, 5.74) is 3.86. The summed E-state index contributed by atoms with van der Waals surface area (Å²) in [6.45, 7) is 1.65. The fourth-order valence-electron chi connectivity index (χ4n) is 5.49. The zero-order valence-corrected chi connectivity index (χ0v) is 23.1. The van der Waals surface area contributed by atoms with E-state index < -0.39 is 15.9 Å². The van der Waals surface area contributed by atoms with Gasteiger partial charge in [0.15, 0.2) is 5.03 Å². The molecule has 204 valence electrons. The molecule has 4 aromatic carbocycles. The molecule has 0 amide bonds. The van der Waals surface area contributed by atoms with Gasteiger partial charge in [-0.25, -0.2) is 8.42 Å². The Labute approximate surface area is 237 Å². The smallest absolute Gasteiger partial charge is 0.258 e. The summed E-state index contributed by atoms with van der Waals surface area (Å²) in [4.78, 5) is 5.34. The van der Waals surface area contributed by atoms with Crippen molar-refractivity contribution in [1.29, 1.82) is 0 Å². The fourth-order valence-corrected chi connectivity index (χ4v) is 7.40. The number of aromatic hydroxyl groups is 2. The number of sulfonamides is 1. The Bertz CT molecular complexity index is 1720. The number of halogens is 1. The van der Waals surface area contributed by atoms with E-state index in [9.17, 15) is 18.6 Å². The van der Waals surface area contributed by atoms with Gasteiger partial charge in [0.1, 0.15) is 11.5 Å². The van der Waals surface area contributed by atoms with Gasteiger partial charge in [-0.3, -0.25) is 0 Å². The van der Waals surface area contributed by atoms with Crippen molar-refractivity contribution in [3.63, 3.8) is 0 Å². The Morgan fingerprint density at radius 3 is 1.88 bits per heavy atom. The largest absolute Gasteiger partial charge is 0.508 e. The molecule has 0 spiro atoms. The van der Waals surface area contributed by atoms with Crippen molar-refractivity contribution in [3.8, 4) is 11.5 Å². The first kappa shape index (κ1) is 26.3. The van der Waals surface area contributed by atoms with Crippen molar-refractivity contribution in [3.05, 3.63) is 119 Å². The standard InChI is InChI=1S/C31H28ClN3O4S/c32-26-6-2-4-8-28(26)34-17-19-35(20-18-34)40(38,39)31-30(25-5-1-3-7-27(25)33-31)29(21-9-13-23(36)14-10-21)22-11-15-24(37)16-12-22/h1-16,29,33,36-37H,17-20H2. The molecule has 9 heteroatoms. The maximum absolute atomic E-state index is 14.3. The maximum Gasteiger partial charge on any atom is 0.258 e. The van der Waals surface area contributed by atoms with Gasteiger partial charge in [0.05, 0.1) is 10.7 Å². The van der Waals surface area contributed by atoms with Gasteiger partial charge in [-0.15, -0.1) is 0 Å². The number of H-pyrrole nitrogens is 1. The molecule has 1 aliphatic heterocycles. The molecule has 40 heavy (non-hydrogen) atoms. The maximum atomic E-state index is 14.3. The van der Waals surface area contributed by atoms with Gasteiger partial charge < -0.3 is 20.1 Å². The third-order valence-corrected chi connectivity index (χ3v) is 9.68. The lowest BCUT2D eigenvalue weighted by molar-refractivity contribution is 0.383. The van der Waals surface area contributed by atoms with Gasteiger partial charge in [-0.1, -0.05) is 66.2 Å². The highest BCUT2D eigenvalue weighted by Gasteiger charge is 2.36. The van der Waals surface area contributed by atoms with Crippen LogP contribution >= 0.6 is 11.6 Å². The third-order valence-electron chi connectivity index (χ3n) is 7.48. The van der Waals surface area contributed by atoms with Crippen LogP contribution in [0.5, 0.6) is 11.5 Å². The minimum Gasteiger partial charge on any atom is -0.508 e. The van der Waals surface area contributed by atoms with Crippen LogP contribution in [-0.2, 0) is 10.0 Å². The first-order valence-electron chi connectivity index (χ1n) is 13.0. The average molecular weight is 574 g/mol. The van der Waals surface area contributed by atoms with Gasteiger partial charge in [-0.05, 0) is 53.6 Å². The van der Waals surface area contributed by atoms with E-state index in [1.807, 2.05) is 48.5 Å². The molecule has 5 aromatic rings. The van der Waals surface area contributed by atoms with Crippen LogP contribution in [0.15, 0.2) is 102 Å². The molecule has 1 fully saturated rings. The minimum absolute atomic E-state index is 0.122. The number of benzene rings is 4. The lowest BCUT2D eigenvalue weighted by Crippen LogP contribution is -2.49. The quantitative estimate of drug-likeness (QED) is 0.234. The normalized spacial score (nSPS) is 14.7. The summed E-state index contributed by atoms with van der Waals surface area (Å²) >= 11 is 6.41. The van der Waals surface area contributed by atoms with Crippen molar-refractivity contribution in [2.75, 3.05) is 31.1 Å². The summed E-state index contributed by atoms with van der Waals surface area (Å²) in [7, 11) is -3.93. The number of phenols is 2. The first-order valence-corrected chi connectivity index (χ1v) is 14.8. The number of rotatable bonds is 6. The highest BCUT2D eigenvalue weighted by Crippen LogP contribution is 2.42. The van der Waals surface area contributed by atoms with E-state index in [1.54, 1.807) is 48.5 Å². The number of phenolic OH excluding ortho intramolecular Hbond substituents is 2. The van der Waals surface area contributed by atoms with E-state index in [0.29, 0.717) is 42.3 Å². The summed E-state index contributed by atoms with van der Waals surface area (Å²) < 4.78 is 30.2. The zero-order chi connectivity index (χ0) is 27.9. The van der Waals surface area contributed by atoms with Crippen LogP contribution in [-0.4, -0.2) is 54.1 Å². The number of nitrogens with zero attached hydrogens (tertiary/aromatic N) is 2. The molecule has 0 unspecified atom stereocenters. The summed E-state index contributed by atoms with van der Waals surface area (Å²) in [5, 5.41) is 21.5. The van der Waals surface area contributed by atoms with Crippen molar-refractivity contribution < 1.29 is 18.6 Å². The molecule has 0 radical (unpaired) electrons. The highest BCUT2D eigenvalue weighted by molar-refractivity contribution is 7.89. The second kappa shape index (κ2) is 10.5. The van der Waals surface area contributed by atoms with Crippen LogP contribution in [0.2, 0.25) is 5.02 Å². The highest BCUT2D eigenvalue weighted by atomic mass is 35.5. The van der Waals surface area contributed by atoms with Gasteiger partial charge in [0.25, 0.3) is 10.0 Å². The number of anilines is 1. The molecule has 1 aromatic heterocycles. The molecule has 2 heterocycles. The summed E-state index contributed by atoms with van der Waals surface area (Å²) in [6, 6.07) is 28.7. The number of fused-ring (bicyclic) bond motifs is 1. The molecule has 1 aliphatic rings. The molecule has 1 saturated heterocycles. The van der Waals surface area contributed by atoms with Crippen LogP contribution in [0.1, 0.15) is 22.6 Å². The summed E-state index contributed by atoms with van der Waals surface area (Å²) in [6.07, 6.45) is 0. The second-order valence-corrected chi connectivity index (χ2v) is 12.2. The fraction of sp³-hybridized carbons (Fsp3) is 0.161. The van der Waals surface area contributed by atoms with E-state index in [-0.39, 0.29) is 16.5 Å². The minimum atomic E-state index is -3.93. The Morgan fingerprint density at radius 2 is 1.27 bits per heavy atom. The van der Waals surface area contributed by atoms with Gasteiger partial charge in [0, 0.05) is 48.6 Å². The van der Waals surface area contributed by atoms with Crippen LogP contribution in [0, 0.1) is 0 Å². The molecule has 0 bridgehead atoms. The van der Waals surface area contributed by atoms with Gasteiger partial charge >= 0.3 is 0 Å². The van der Waals surface area contributed by atoms with E-state index in [4.69, 9.17) is 11.6 Å². The van der Waals surface area contributed by atoms with Crippen molar-refractivity contribution in [2.24, 2.45) is 0 Å². The Morgan fingerprint density at radius 1 is 0.725 bits per heavy atom.